The quantitative estimate of drug-likeness (QED) is 0.0317. The first kappa shape index (κ1) is 87.1. The molecule has 0 aromatic heterocycles. The third-order valence-electron chi connectivity index (χ3n) is 19.3. The van der Waals surface area contributed by atoms with E-state index in [1.165, 1.54) is 0 Å². The average molecular weight is 1410 g/mol. The molecule has 0 bridgehead atoms. The SMILES string of the molecule is CCCCCC(C)(C)Oc1cc(OC(C)(C)CCCCC)cc([SiH](O[SiH](c2cc(OC(C)(C)CCCCC)cc(OC(C)(C)CCCCC)c2)c2cc(OC(C)(C)CCCCC)cc(OC(C)(C)CCCCC)c2)c2cc(OC(C)(C)CCCCC)cc(OC(C)(C)CCCCC)c2)c1. The van der Waals surface area contributed by atoms with Crippen LogP contribution in [0.5, 0.6) is 46.0 Å². The summed E-state index contributed by atoms with van der Waals surface area (Å²) >= 11 is 0. The molecule has 0 atom stereocenters. The minimum absolute atomic E-state index is 0.463. The van der Waals surface area contributed by atoms with Crippen molar-refractivity contribution in [1.29, 1.82) is 0 Å². The van der Waals surface area contributed by atoms with Crippen LogP contribution >= 0.6 is 0 Å². The van der Waals surface area contributed by atoms with E-state index in [1.807, 2.05) is 0 Å². The van der Waals surface area contributed by atoms with Gasteiger partial charge in [-0.05, 0) is 283 Å². The highest BCUT2D eigenvalue weighted by Gasteiger charge is 2.36. The van der Waals surface area contributed by atoms with Gasteiger partial charge in [-0.25, -0.2) is 0 Å². The van der Waals surface area contributed by atoms with E-state index in [4.69, 9.17) is 42.0 Å². The Balaban J connectivity index is 2.39. The maximum atomic E-state index is 8.74. The lowest BCUT2D eigenvalue weighted by Gasteiger charge is -2.33. The Hall–Kier alpha value is -4.33. The van der Waals surface area contributed by atoms with E-state index in [2.05, 4.69) is 239 Å². The molecule has 0 unspecified atom stereocenters. The molecular weight excluding hydrogens is 1260 g/mol. The van der Waals surface area contributed by atoms with Crippen LogP contribution in [0.4, 0.5) is 0 Å². The average Bonchev–Trinajstić information content (AvgIpc) is 0.779. The summed E-state index contributed by atoms with van der Waals surface area (Å²) in [5.41, 5.74) is -3.70. The molecule has 0 N–H and O–H groups in total. The van der Waals surface area contributed by atoms with E-state index in [1.54, 1.807) is 0 Å². The van der Waals surface area contributed by atoms with Gasteiger partial charge in [-0.2, -0.15) is 0 Å². The molecule has 4 aromatic carbocycles. The third kappa shape index (κ3) is 34.2. The molecular formula is C88H150O9Si2. The van der Waals surface area contributed by atoms with E-state index in [0.717, 1.165) is 272 Å². The number of unbranched alkanes of at least 4 members (excludes halogenated alkanes) is 16. The van der Waals surface area contributed by atoms with Crippen molar-refractivity contribution in [3.63, 3.8) is 0 Å². The maximum Gasteiger partial charge on any atom is 0.229 e. The van der Waals surface area contributed by atoms with E-state index in [0.29, 0.717) is 0 Å². The molecule has 0 aliphatic rings. The standard InChI is InChI=1S/C88H150O9Si2/c1-25-33-41-49-81(9,10)89-69-57-70(90-82(11,12)50-42-34-26-2)62-77(61-69)98(78-63-71(91-83(13,14)51-43-35-27-3)58-72(64-78)92-84(15,16)52-44-36-28-4)97-99(79-65-73(93-85(17,18)53-45-37-29-5)59-74(66-79)94-86(19,20)54-46-38-30-6)80-67-75(95-87(21,22)55-47-39-31-7)60-76(68-80)96-88(23,24)56-48-40-32-8/h57-68,98-99H,25-56H2,1-24H3. The van der Waals surface area contributed by atoms with Crippen LogP contribution in [0.3, 0.4) is 0 Å². The Morgan fingerprint density at radius 3 is 0.424 bits per heavy atom. The van der Waals surface area contributed by atoms with Crippen LogP contribution in [0.2, 0.25) is 0 Å². The van der Waals surface area contributed by atoms with E-state index in [9.17, 15) is 0 Å². The van der Waals surface area contributed by atoms with E-state index in [-0.39, 0.29) is 0 Å². The summed E-state index contributed by atoms with van der Waals surface area (Å²) in [6.07, 6.45) is 34.2. The van der Waals surface area contributed by atoms with Crippen LogP contribution in [0.1, 0.15) is 372 Å². The molecule has 4 aromatic rings. The van der Waals surface area contributed by atoms with Crippen molar-refractivity contribution in [1.82, 2.24) is 0 Å². The molecule has 99 heavy (non-hydrogen) atoms. The summed E-state index contributed by atoms with van der Waals surface area (Å²) < 4.78 is 67.5. The summed E-state index contributed by atoms with van der Waals surface area (Å²) in [6, 6.07) is 26.9. The number of hydrogen-bond donors (Lipinski definition) is 0. The highest BCUT2D eigenvalue weighted by molar-refractivity contribution is 6.92. The number of ether oxygens (including phenoxy) is 8. The smallest absolute Gasteiger partial charge is 0.229 e. The molecule has 0 saturated carbocycles. The lowest BCUT2D eigenvalue weighted by Crippen LogP contribution is -2.56. The minimum atomic E-state index is -3.07. The van der Waals surface area contributed by atoms with Gasteiger partial charge in [0.2, 0.25) is 18.1 Å². The summed E-state index contributed by atoms with van der Waals surface area (Å²) in [5, 5.41) is 4.16. The van der Waals surface area contributed by atoms with Gasteiger partial charge in [-0.15, -0.1) is 0 Å². The van der Waals surface area contributed by atoms with Crippen molar-refractivity contribution in [2.24, 2.45) is 0 Å². The zero-order valence-electron chi connectivity index (χ0n) is 68.4. The summed E-state index contributed by atoms with van der Waals surface area (Å²) in [6.45, 7) is 54.0. The molecule has 11 heteroatoms. The molecule has 0 aliphatic carbocycles. The fourth-order valence-electron chi connectivity index (χ4n) is 13.7. The third-order valence-corrected chi connectivity index (χ3v) is 25.2. The lowest BCUT2D eigenvalue weighted by atomic mass is 10.00. The van der Waals surface area contributed by atoms with Gasteiger partial charge in [-0.3, -0.25) is 0 Å². The number of benzene rings is 4. The topological polar surface area (TPSA) is 83.1 Å². The number of hydrogen-bond acceptors (Lipinski definition) is 9. The molecule has 9 nitrogen and oxygen atoms in total. The molecule has 4 rings (SSSR count). The van der Waals surface area contributed by atoms with Gasteiger partial charge in [0.05, 0.1) is 0 Å². The van der Waals surface area contributed by atoms with Gasteiger partial charge in [0.25, 0.3) is 0 Å². The highest BCUT2D eigenvalue weighted by Crippen LogP contribution is 2.36. The monoisotopic (exact) mass is 1410 g/mol. The van der Waals surface area contributed by atoms with Crippen LogP contribution in [0.15, 0.2) is 72.8 Å². The zero-order chi connectivity index (χ0) is 73.6. The first-order valence-electron chi connectivity index (χ1n) is 40.3. The minimum Gasteiger partial charge on any atom is -0.488 e. The first-order chi connectivity index (χ1) is 46.5. The fourth-order valence-corrected chi connectivity index (χ4v) is 20.6. The predicted molar refractivity (Wildman–Crippen MR) is 430 cm³/mol. The normalized spacial score (nSPS) is 12.9. The van der Waals surface area contributed by atoms with Crippen molar-refractivity contribution in [2.45, 2.75) is 416 Å². The Bertz CT molecular complexity index is 2350. The van der Waals surface area contributed by atoms with Crippen LogP contribution < -0.4 is 58.6 Å². The number of rotatable bonds is 54. The molecule has 0 amide bonds. The van der Waals surface area contributed by atoms with Gasteiger partial charge < -0.3 is 42.0 Å². The molecule has 0 spiro atoms. The molecule has 0 aliphatic heterocycles. The zero-order valence-corrected chi connectivity index (χ0v) is 70.7. The van der Waals surface area contributed by atoms with Crippen LogP contribution in [0.25, 0.3) is 0 Å². The van der Waals surface area contributed by atoms with Gasteiger partial charge in [0, 0.05) is 24.3 Å². The van der Waals surface area contributed by atoms with Crippen molar-refractivity contribution < 1.29 is 42.0 Å². The Labute approximate surface area is 612 Å². The first-order valence-corrected chi connectivity index (χ1v) is 43.6. The van der Waals surface area contributed by atoms with Crippen molar-refractivity contribution in [3.8, 4) is 46.0 Å². The lowest BCUT2D eigenvalue weighted by molar-refractivity contribution is 0.0870. The molecule has 0 saturated heterocycles. The Morgan fingerprint density at radius 1 is 0.192 bits per heavy atom. The fraction of sp³-hybridized carbons (Fsp3) is 0.727. The molecule has 0 fully saturated rings. The van der Waals surface area contributed by atoms with Crippen LogP contribution in [-0.4, -0.2) is 62.9 Å². The highest BCUT2D eigenvalue weighted by atomic mass is 28.4. The largest absolute Gasteiger partial charge is 0.488 e. The van der Waals surface area contributed by atoms with Gasteiger partial charge in [0.1, 0.15) is 90.8 Å². The van der Waals surface area contributed by atoms with E-state index >= 15 is 0 Å². The maximum absolute atomic E-state index is 8.74. The van der Waals surface area contributed by atoms with Gasteiger partial charge in [-0.1, -0.05) is 158 Å². The molecule has 0 heterocycles. The second-order valence-corrected chi connectivity index (χ2v) is 39.7. The van der Waals surface area contributed by atoms with Crippen molar-refractivity contribution in [2.75, 3.05) is 0 Å². The summed E-state index contributed by atoms with van der Waals surface area (Å²) in [5.74, 6) is 6.18. The second-order valence-electron chi connectivity index (χ2n) is 34.4. The second kappa shape index (κ2) is 41.8. The van der Waals surface area contributed by atoms with Gasteiger partial charge >= 0.3 is 0 Å². The summed E-state index contributed by atoms with van der Waals surface area (Å²) in [7, 11) is -6.14. The predicted octanol–water partition coefficient (Wildman–Crippen LogP) is 24.0. The van der Waals surface area contributed by atoms with E-state index < -0.39 is 62.9 Å². The van der Waals surface area contributed by atoms with Gasteiger partial charge in [0.15, 0.2) is 0 Å². The van der Waals surface area contributed by atoms with Crippen molar-refractivity contribution in [3.05, 3.63) is 72.8 Å². The molecule has 564 valence electrons. The van der Waals surface area contributed by atoms with Crippen molar-refractivity contribution >= 4 is 38.8 Å². The van der Waals surface area contributed by atoms with Crippen LogP contribution in [-0.2, 0) is 4.12 Å². The summed E-state index contributed by atoms with van der Waals surface area (Å²) in [4.78, 5) is 0. The van der Waals surface area contributed by atoms with Crippen LogP contribution in [0, 0.1) is 0 Å². The molecule has 0 radical (unpaired) electrons. The Kier molecular flexibility index (Phi) is 36.8. The Morgan fingerprint density at radius 2 is 0.313 bits per heavy atom.